The van der Waals surface area contributed by atoms with Gasteiger partial charge in [-0.2, -0.15) is 0 Å². The number of aliphatic carboxylic acids is 1. The summed E-state index contributed by atoms with van der Waals surface area (Å²) in [7, 11) is 0. The number of esters is 1. The van der Waals surface area contributed by atoms with Gasteiger partial charge in [-0.05, 0) is 13.3 Å². The highest BCUT2D eigenvalue weighted by Crippen LogP contribution is 2.25. The molecule has 1 saturated heterocycles. The van der Waals surface area contributed by atoms with Gasteiger partial charge in [-0.1, -0.05) is 6.92 Å². The number of carbonyl (C=O) groups excluding carboxylic acids is 1. The van der Waals surface area contributed by atoms with E-state index in [0.29, 0.717) is 6.42 Å². The molecule has 1 aliphatic heterocycles. The number of carbonyl (C=O) groups is 2. The maximum Gasteiger partial charge on any atom is 0.306 e. The number of rotatable bonds is 5. The van der Waals surface area contributed by atoms with E-state index in [9.17, 15) is 9.59 Å². The molecule has 0 spiro atoms. The molecule has 0 radical (unpaired) electrons. The molecule has 0 aromatic rings. The lowest BCUT2D eigenvalue weighted by Gasteiger charge is -2.17. The van der Waals surface area contributed by atoms with Gasteiger partial charge in [-0.25, -0.2) is 0 Å². The van der Waals surface area contributed by atoms with Crippen LogP contribution in [0, 0.1) is 0 Å². The summed E-state index contributed by atoms with van der Waals surface area (Å²) in [6.07, 6.45) is 1.06. The lowest BCUT2D eigenvalue weighted by molar-refractivity contribution is -0.154. The summed E-state index contributed by atoms with van der Waals surface area (Å²) in [6.45, 7) is 3.91. The minimum Gasteiger partial charge on any atom is -0.481 e. The average molecular weight is 230 g/mol. The van der Waals surface area contributed by atoms with Crippen LogP contribution < -0.4 is 0 Å². The second-order valence-corrected chi connectivity index (χ2v) is 4.05. The number of ether oxygens (including phenoxy) is 2. The van der Waals surface area contributed by atoms with Crippen molar-refractivity contribution in [2.45, 2.75) is 57.8 Å². The quantitative estimate of drug-likeness (QED) is 0.722. The van der Waals surface area contributed by atoms with E-state index in [0.717, 1.165) is 6.42 Å². The smallest absolute Gasteiger partial charge is 0.306 e. The van der Waals surface area contributed by atoms with Crippen LogP contribution in [0.1, 0.15) is 39.5 Å². The van der Waals surface area contributed by atoms with E-state index in [4.69, 9.17) is 14.6 Å². The van der Waals surface area contributed by atoms with E-state index in [2.05, 4.69) is 0 Å². The molecule has 0 saturated carbocycles. The summed E-state index contributed by atoms with van der Waals surface area (Å²) >= 11 is 0. The first kappa shape index (κ1) is 13.0. The van der Waals surface area contributed by atoms with E-state index < -0.39 is 11.9 Å². The third kappa shape index (κ3) is 3.81. The molecule has 3 unspecified atom stereocenters. The van der Waals surface area contributed by atoms with Crippen LogP contribution in [-0.4, -0.2) is 35.4 Å². The van der Waals surface area contributed by atoms with Crippen molar-refractivity contribution in [1.29, 1.82) is 0 Å². The lowest BCUT2D eigenvalue weighted by Crippen LogP contribution is -2.26. The standard InChI is InChI=1S/C11H18O5/c1-3-8-9(6-7(2)15-8)16-11(14)5-4-10(12)13/h7-9H,3-6H2,1-2H3,(H,12,13). The van der Waals surface area contributed by atoms with Crippen molar-refractivity contribution in [3.05, 3.63) is 0 Å². The summed E-state index contributed by atoms with van der Waals surface area (Å²) in [4.78, 5) is 21.6. The number of carboxylic acid groups (broad SMARTS) is 1. The molecule has 5 nitrogen and oxygen atoms in total. The van der Waals surface area contributed by atoms with Crippen molar-refractivity contribution in [2.75, 3.05) is 0 Å². The van der Waals surface area contributed by atoms with Crippen LogP contribution in [0.2, 0.25) is 0 Å². The molecule has 1 aliphatic rings. The minimum atomic E-state index is -0.986. The Balaban J connectivity index is 2.35. The Bertz CT molecular complexity index is 263. The SMILES string of the molecule is CCC1OC(C)CC1OC(=O)CCC(=O)O. The highest BCUT2D eigenvalue weighted by molar-refractivity contribution is 5.76. The second kappa shape index (κ2) is 5.84. The molecule has 0 amide bonds. The fraction of sp³-hybridized carbons (Fsp3) is 0.818. The van der Waals surface area contributed by atoms with Gasteiger partial charge in [0.2, 0.25) is 0 Å². The molecule has 1 fully saturated rings. The second-order valence-electron chi connectivity index (χ2n) is 4.05. The first-order chi connectivity index (χ1) is 7.52. The molecule has 1 rings (SSSR count). The van der Waals surface area contributed by atoms with Gasteiger partial charge in [-0.3, -0.25) is 9.59 Å². The Morgan fingerprint density at radius 3 is 2.69 bits per heavy atom. The monoisotopic (exact) mass is 230 g/mol. The van der Waals surface area contributed by atoms with Gasteiger partial charge in [0, 0.05) is 6.42 Å². The largest absolute Gasteiger partial charge is 0.481 e. The highest BCUT2D eigenvalue weighted by Gasteiger charge is 2.34. The minimum absolute atomic E-state index is 0.0521. The van der Waals surface area contributed by atoms with Crippen LogP contribution >= 0.6 is 0 Å². The van der Waals surface area contributed by atoms with E-state index >= 15 is 0 Å². The zero-order valence-electron chi connectivity index (χ0n) is 9.64. The van der Waals surface area contributed by atoms with Crippen molar-refractivity contribution in [2.24, 2.45) is 0 Å². The predicted molar refractivity (Wildman–Crippen MR) is 56.0 cm³/mol. The van der Waals surface area contributed by atoms with Crippen LogP contribution in [0.3, 0.4) is 0 Å². The van der Waals surface area contributed by atoms with E-state index in [1.54, 1.807) is 0 Å². The summed E-state index contributed by atoms with van der Waals surface area (Å²) in [6, 6.07) is 0. The Kier molecular flexibility index (Phi) is 4.73. The molecule has 16 heavy (non-hydrogen) atoms. The topological polar surface area (TPSA) is 72.8 Å². The number of hydrogen-bond acceptors (Lipinski definition) is 4. The van der Waals surface area contributed by atoms with E-state index in [-0.39, 0.29) is 31.2 Å². The normalized spacial score (nSPS) is 29.0. The number of carboxylic acids is 1. The van der Waals surface area contributed by atoms with Gasteiger partial charge >= 0.3 is 11.9 Å². The van der Waals surface area contributed by atoms with Crippen LogP contribution in [0.25, 0.3) is 0 Å². The Morgan fingerprint density at radius 1 is 1.44 bits per heavy atom. The molecular formula is C11H18O5. The molecule has 0 aliphatic carbocycles. The third-order valence-corrected chi connectivity index (χ3v) is 2.61. The van der Waals surface area contributed by atoms with Gasteiger partial charge in [0.1, 0.15) is 6.10 Å². The van der Waals surface area contributed by atoms with Crippen LogP contribution in [-0.2, 0) is 19.1 Å². The van der Waals surface area contributed by atoms with Crippen molar-refractivity contribution >= 4 is 11.9 Å². The first-order valence-corrected chi connectivity index (χ1v) is 5.59. The molecule has 0 aromatic carbocycles. The molecule has 0 bridgehead atoms. The first-order valence-electron chi connectivity index (χ1n) is 5.59. The fourth-order valence-corrected chi connectivity index (χ4v) is 1.84. The van der Waals surface area contributed by atoms with Crippen molar-refractivity contribution in [3.8, 4) is 0 Å². The fourth-order valence-electron chi connectivity index (χ4n) is 1.84. The molecule has 3 atom stereocenters. The molecule has 1 heterocycles. The average Bonchev–Trinajstić information content (AvgIpc) is 2.55. The van der Waals surface area contributed by atoms with Gasteiger partial charge in [0.15, 0.2) is 0 Å². The molecule has 0 aromatic heterocycles. The number of hydrogen-bond donors (Lipinski definition) is 1. The Hall–Kier alpha value is -1.10. The summed E-state index contributed by atoms with van der Waals surface area (Å²) in [5.74, 6) is -1.44. The van der Waals surface area contributed by atoms with Crippen LogP contribution in [0.15, 0.2) is 0 Å². The summed E-state index contributed by atoms with van der Waals surface area (Å²) < 4.78 is 10.8. The predicted octanol–water partition coefficient (Wildman–Crippen LogP) is 1.35. The van der Waals surface area contributed by atoms with E-state index in [1.807, 2.05) is 13.8 Å². The highest BCUT2D eigenvalue weighted by atomic mass is 16.6. The molecular weight excluding hydrogens is 212 g/mol. The van der Waals surface area contributed by atoms with Crippen molar-refractivity contribution < 1.29 is 24.2 Å². The Labute approximate surface area is 94.7 Å². The lowest BCUT2D eigenvalue weighted by atomic mass is 10.1. The Morgan fingerprint density at radius 2 is 2.12 bits per heavy atom. The van der Waals surface area contributed by atoms with E-state index in [1.165, 1.54) is 0 Å². The molecule has 5 heteroatoms. The molecule has 92 valence electrons. The zero-order chi connectivity index (χ0) is 12.1. The third-order valence-electron chi connectivity index (χ3n) is 2.61. The van der Waals surface area contributed by atoms with Crippen LogP contribution in [0.5, 0.6) is 0 Å². The van der Waals surface area contributed by atoms with Gasteiger partial charge in [0.05, 0.1) is 25.0 Å². The maximum atomic E-state index is 11.3. The van der Waals surface area contributed by atoms with Crippen LogP contribution in [0.4, 0.5) is 0 Å². The van der Waals surface area contributed by atoms with Gasteiger partial charge < -0.3 is 14.6 Å². The summed E-state index contributed by atoms with van der Waals surface area (Å²) in [5, 5.41) is 8.43. The van der Waals surface area contributed by atoms with Gasteiger partial charge in [0.25, 0.3) is 0 Å². The van der Waals surface area contributed by atoms with Gasteiger partial charge in [-0.15, -0.1) is 0 Å². The molecule has 1 N–H and O–H groups in total. The maximum absolute atomic E-state index is 11.3. The summed E-state index contributed by atoms with van der Waals surface area (Å²) in [5.41, 5.74) is 0. The zero-order valence-corrected chi connectivity index (χ0v) is 9.64. The van der Waals surface area contributed by atoms with Crippen molar-refractivity contribution in [3.63, 3.8) is 0 Å². The van der Waals surface area contributed by atoms with Crippen molar-refractivity contribution in [1.82, 2.24) is 0 Å².